The Balaban J connectivity index is 2.53. The highest BCUT2D eigenvalue weighted by Crippen LogP contribution is 2.16. The number of benzene rings is 1. The van der Waals surface area contributed by atoms with Crippen LogP contribution in [0.4, 0.5) is 11.4 Å². The molecule has 0 unspecified atom stereocenters. The van der Waals surface area contributed by atoms with Gasteiger partial charge in [0.05, 0.1) is 12.3 Å². The average Bonchev–Trinajstić information content (AvgIpc) is 2.12. The minimum absolute atomic E-state index is 0.712. The number of rotatable bonds is 4. The van der Waals surface area contributed by atoms with E-state index in [0.29, 0.717) is 6.61 Å². The van der Waals surface area contributed by atoms with Crippen molar-refractivity contribution in [3.63, 3.8) is 0 Å². The number of hydrogen-bond acceptors (Lipinski definition) is 3. The SMILES string of the molecule is CCCONc1ccc(N)c(C)c1. The third-order valence-electron chi connectivity index (χ3n) is 1.77. The Hall–Kier alpha value is -1.22. The van der Waals surface area contributed by atoms with Crippen molar-refractivity contribution in [3.8, 4) is 0 Å². The molecule has 0 atom stereocenters. The molecule has 0 saturated heterocycles. The second-order valence-corrected chi connectivity index (χ2v) is 3.02. The van der Waals surface area contributed by atoms with Crippen molar-refractivity contribution in [2.75, 3.05) is 17.8 Å². The summed E-state index contributed by atoms with van der Waals surface area (Å²) in [6.45, 7) is 4.75. The standard InChI is InChI=1S/C10H16N2O/c1-3-6-13-12-9-4-5-10(11)8(2)7-9/h4-5,7,12H,3,6,11H2,1-2H3. The van der Waals surface area contributed by atoms with Crippen LogP contribution >= 0.6 is 0 Å². The highest BCUT2D eigenvalue weighted by atomic mass is 16.6. The molecule has 0 aromatic heterocycles. The third kappa shape index (κ3) is 2.95. The van der Waals surface area contributed by atoms with E-state index in [1.807, 2.05) is 25.1 Å². The summed E-state index contributed by atoms with van der Waals surface area (Å²) in [5.41, 5.74) is 11.3. The lowest BCUT2D eigenvalue weighted by molar-refractivity contribution is 0.194. The number of aryl methyl sites for hydroxylation is 1. The fourth-order valence-electron chi connectivity index (χ4n) is 0.976. The van der Waals surface area contributed by atoms with Gasteiger partial charge in [0.1, 0.15) is 0 Å². The van der Waals surface area contributed by atoms with Crippen LogP contribution in [-0.2, 0) is 4.84 Å². The number of hydrogen-bond donors (Lipinski definition) is 2. The monoisotopic (exact) mass is 180 g/mol. The van der Waals surface area contributed by atoms with Crippen LogP contribution in [0.1, 0.15) is 18.9 Å². The van der Waals surface area contributed by atoms with Gasteiger partial charge in [0.15, 0.2) is 0 Å². The van der Waals surface area contributed by atoms with Crippen molar-refractivity contribution in [3.05, 3.63) is 23.8 Å². The van der Waals surface area contributed by atoms with Gasteiger partial charge in [-0.05, 0) is 37.1 Å². The highest BCUT2D eigenvalue weighted by Gasteiger charge is 1.95. The topological polar surface area (TPSA) is 47.3 Å². The Labute approximate surface area is 78.8 Å². The molecule has 0 aliphatic rings. The maximum absolute atomic E-state index is 5.67. The number of nitrogens with one attached hydrogen (secondary N) is 1. The lowest BCUT2D eigenvalue weighted by Crippen LogP contribution is -2.02. The molecule has 1 aromatic rings. The van der Waals surface area contributed by atoms with E-state index in [9.17, 15) is 0 Å². The zero-order chi connectivity index (χ0) is 9.68. The van der Waals surface area contributed by atoms with Gasteiger partial charge in [0.2, 0.25) is 0 Å². The number of anilines is 2. The Morgan fingerprint density at radius 3 is 2.85 bits per heavy atom. The summed E-state index contributed by atoms with van der Waals surface area (Å²) in [5, 5.41) is 0. The number of nitrogen functional groups attached to an aromatic ring is 1. The molecular weight excluding hydrogens is 164 g/mol. The number of nitrogens with two attached hydrogens (primary N) is 1. The van der Waals surface area contributed by atoms with Gasteiger partial charge in [-0.15, -0.1) is 0 Å². The van der Waals surface area contributed by atoms with Crippen molar-refractivity contribution >= 4 is 11.4 Å². The summed E-state index contributed by atoms with van der Waals surface area (Å²) < 4.78 is 0. The van der Waals surface area contributed by atoms with Gasteiger partial charge >= 0.3 is 0 Å². The molecule has 3 N–H and O–H groups in total. The first-order valence-corrected chi connectivity index (χ1v) is 4.48. The zero-order valence-corrected chi connectivity index (χ0v) is 8.13. The molecule has 1 aromatic carbocycles. The Morgan fingerprint density at radius 2 is 2.23 bits per heavy atom. The molecule has 0 bridgehead atoms. The zero-order valence-electron chi connectivity index (χ0n) is 8.13. The van der Waals surface area contributed by atoms with Gasteiger partial charge in [0, 0.05) is 5.69 Å². The summed E-state index contributed by atoms with van der Waals surface area (Å²) in [6, 6.07) is 5.73. The highest BCUT2D eigenvalue weighted by molar-refractivity contribution is 5.55. The first kappa shape index (κ1) is 9.86. The quantitative estimate of drug-likeness (QED) is 0.424. The average molecular weight is 180 g/mol. The molecule has 0 aliphatic heterocycles. The van der Waals surface area contributed by atoms with E-state index in [2.05, 4.69) is 12.4 Å². The van der Waals surface area contributed by atoms with Crippen LogP contribution in [0, 0.1) is 6.92 Å². The maximum Gasteiger partial charge on any atom is 0.0743 e. The van der Waals surface area contributed by atoms with Crippen LogP contribution in [-0.4, -0.2) is 6.61 Å². The van der Waals surface area contributed by atoms with Crippen LogP contribution in [0.2, 0.25) is 0 Å². The molecule has 0 heterocycles. The predicted octanol–water partition coefficient (Wildman–Crippen LogP) is 2.33. The summed E-state index contributed by atoms with van der Waals surface area (Å²) in [4.78, 5) is 5.17. The normalized spacial score (nSPS) is 10.0. The van der Waals surface area contributed by atoms with Crippen molar-refractivity contribution in [2.24, 2.45) is 0 Å². The Kier molecular flexibility index (Phi) is 3.58. The van der Waals surface area contributed by atoms with Crippen LogP contribution in [0.5, 0.6) is 0 Å². The smallest absolute Gasteiger partial charge is 0.0743 e. The van der Waals surface area contributed by atoms with Gasteiger partial charge in [-0.25, -0.2) is 0 Å². The van der Waals surface area contributed by atoms with Crippen LogP contribution in [0.25, 0.3) is 0 Å². The fourth-order valence-corrected chi connectivity index (χ4v) is 0.976. The van der Waals surface area contributed by atoms with E-state index in [1.54, 1.807) is 0 Å². The molecule has 0 fully saturated rings. The minimum Gasteiger partial charge on any atom is -0.399 e. The van der Waals surface area contributed by atoms with Crippen molar-refractivity contribution in [2.45, 2.75) is 20.3 Å². The second kappa shape index (κ2) is 4.72. The summed E-state index contributed by atoms with van der Waals surface area (Å²) in [7, 11) is 0. The molecule has 1 rings (SSSR count). The third-order valence-corrected chi connectivity index (χ3v) is 1.77. The molecule has 0 radical (unpaired) electrons. The molecular formula is C10H16N2O. The van der Waals surface area contributed by atoms with Gasteiger partial charge in [0.25, 0.3) is 0 Å². The van der Waals surface area contributed by atoms with E-state index in [0.717, 1.165) is 23.4 Å². The Morgan fingerprint density at radius 1 is 1.46 bits per heavy atom. The van der Waals surface area contributed by atoms with Crippen molar-refractivity contribution < 1.29 is 4.84 Å². The molecule has 0 aliphatic carbocycles. The van der Waals surface area contributed by atoms with Gasteiger partial charge < -0.3 is 5.73 Å². The van der Waals surface area contributed by atoms with Crippen LogP contribution in [0.3, 0.4) is 0 Å². The molecule has 3 nitrogen and oxygen atoms in total. The second-order valence-electron chi connectivity index (χ2n) is 3.02. The summed E-state index contributed by atoms with van der Waals surface area (Å²) in [5.74, 6) is 0. The van der Waals surface area contributed by atoms with E-state index < -0.39 is 0 Å². The lowest BCUT2D eigenvalue weighted by Gasteiger charge is -2.07. The van der Waals surface area contributed by atoms with Gasteiger partial charge in [-0.3, -0.25) is 10.3 Å². The lowest BCUT2D eigenvalue weighted by atomic mass is 10.2. The molecule has 3 heteroatoms. The molecule has 0 amide bonds. The van der Waals surface area contributed by atoms with Crippen LogP contribution in [0.15, 0.2) is 18.2 Å². The molecule has 13 heavy (non-hydrogen) atoms. The summed E-state index contributed by atoms with van der Waals surface area (Å²) in [6.07, 6.45) is 1.00. The van der Waals surface area contributed by atoms with E-state index in [4.69, 9.17) is 10.6 Å². The van der Waals surface area contributed by atoms with Crippen molar-refractivity contribution in [1.82, 2.24) is 0 Å². The molecule has 0 saturated carbocycles. The first-order valence-electron chi connectivity index (χ1n) is 4.48. The largest absolute Gasteiger partial charge is 0.399 e. The fraction of sp³-hybridized carbons (Fsp3) is 0.400. The first-order chi connectivity index (χ1) is 6.24. The maximum atomic E-state index is 5.67. The van der Waals surface area contributed by atoms with E-state index in [-0.39, 0.29) is 0 Å². The molecule has 0 spiro atoms. The summed E-state index contributed by atoms with van der Waals surface area (Å²) >= 11 is 0. The Bertz CT molecular complexity index is 274. The van der Waals surface area contributed by atoms with Gasteiger partial charge in [-0.2, -0.15) is 0 Å². The molecule has 72 valence electrons. The predicted molar refractivity (Wildman–Crippen MR) is 55.5 cm³/mol. The van der Waals surface area contributed by atoms with E-state index >= 15 is 0 Å². The van der Waals surface area contributed by atoms with Gasteiger partial charge in [-0.1, -0.05) is 6.92 Å². The van der Waals surface area contributed by atoms with E-state index in [1.165, 1.54) is 0 Å². The van der Waals surface area contributed by atoms with Crippen LogP contribution < -0.4 is 11.2 Å². The van der Waals surface area contributed by atoms with Crippen molar-refractivity contribution in [1.29, 1.82) is 0 Å². The minimum atomic E-state index is 0.712.